The first-order chi connectivity index (χ1) is 7.54. The molecule has 0 bridgehead atoms. The molecule has 1 aromatic carbocycles. The van der Waals surface area contributed by atoms with Crippen LogP contribution in [0.5, 0.6) is 0 Å². The van der Waals surface area contributed by atoms with Crippen molar-refractivity contribution in [1.82, 2.24) is 0 Å². The van der Waals surface area contributed by atoms with E-state index < -0.39 is 11.9 Å². The van der Waals surface area contributed by atoms with Crippen LogP contribution in [0.25, 0.3) is 0 Å². The maximum atomic E-state index is 13.0. The number of methoxy groups -OCH3 is 1. The smallest absolute Gasteiger partial charge is 0.305 e. The fourth-order valence-electron chi connectivity index (χ4n) is 1.48. The Morgan fingerprint density at radius 2 is 2.25 bits per heavy atom. The minimum atomic E-state index is -0.838. The van der Waals surface area contributed by atoms with Crippen molar-refractivity contribution in [2.45, 2.75) is 25.9 Å². The summed E-state index contributed by atoms with van der Waals surface area (Å²) >= 11 is 0. The Labute approximate surface area is 93.9 Å². The van der Waals surface area contributed by atoms with E-state index in [1.807, 2.05) is 0 Å². The number of hydrogen-bond donors (Lipinski definition) is 1. The number of carbonyl (C=O) groups is 1. The first-order valence-corrected chi connectivity index (χ1v) is 5.05. The Morgan fingerprint density at radius 1 is 1.56 bits per heavy atom. The molecule has 0 spiro atoms. The van der Waals surface area contributed by atoms with Gasteiger partial charge in [0.25, 0.3) is 0 Å². The van der Waals surface area contributed by atoms with E-state index in [-0.39, 0.29) is 18.8 Å². The van der Waals surface area contributed by atoms with Gasteiger partial charge < -0.3 is 9.84 Å². The lowest BCUT2D eigenvalue weighted by atomic mass is 10.00. The van der Waals surface area contributed by atoms with Crippen LogP contribution in [0.2, 0.25) is 0 Å². The number of aliphatic hydroxyl groups is 1. The highest BCUT2D eigenvalue weighted by molar-refractivity contribution is 5.69. The van der Waals surface area contributed by atoms with E-state index in [4.69, 9.17) is 0 Å². The number of benzene rings is 1. The zero-order valence-electron chi connectivity index (χ0n) is 9.37. The third-order valence-electron chi connectivity index (χ3n) is 2.45. The van der Waals surface area contributed by atoms with Crippen LogP contribution in [0.4, 0.5) is 4.39 Å². The topological polar surface area (TPSA) is 46.5 Å². The fraction of sp³-hybridized carbons (Fsp3) is 0.417. The Hall–Kier alpha value is -1.42. The van der Waals surface area contributed by atoms with Crippen LogP contribution in [0.15, 0.2) is 18.2 Å². The summed E-state index contributed by atoms with van der Waals surface area (Å²) in [6.45, 7) is 1.79. The standard InChI is InChI=1S/C12H15FO3/c1-8-3-4-9(13)7-10(8)11(14)5-6-12(15)16-2/h3-4,7,11,14H,5-6H2,1-2H3. The van der Waals surface area contributed by atoms with E-state index in [1.165, 1.54) is 19.2 Å². The molecule has 0 heterocycles. The van der Waals surface area contributed by atoms with E-state index in [9.17, 15) is 14.3 Å². The van der Waals surface area contributed by atoms with Gasteiger partial charge in [-0.05, 0) is 36.6 Å². The maximum Gasteiger partial charge on any atom is 0.305 e. The van der Waals surface area contributed by atoms with E-state index in [0.717, 1.165) is 5.56 Å². The predicted molar refractivity (Wildman–Crippen MR) is 57.3 cm³/mol. The van der Waals surface area contributed by atoms with Crippen LogP contribution in [-0.2, 0) is 9.53 Å². The van der Waals surface area contributed by atoms with Gasteiger partial charge in [-0.1, -0.05) is 6.07 Å². The summed E-state index contributed by atoms with van der Waals surface area (Å²) in [6.07, 6.45) is -0.486. The molecule has 0 aliphatic rings. The van der Waals surface area contributed by atoms with Gasteiger partial charge in [0.15, 0.2) is 0 Å². The Morgan fingerprint density at radius 3 is 2.88 bits per heavy atom. The van der Waals surface area contributed by atoms with E-state index in [0.29, 0.717) is 5.56 Å². The summed E-state index contributed by atoms with van der Waals surface area (Å²) in [7, 11) is 1.29. The van der Waals surface area contributed by atoms with Gasteiger partial charge in [-0.25, -0.2) is 4.39 Å². The van der Waals surface area contributed by atoms with E-state index in [1.54, 1.807) is 13.0 Å². The van der Waals surface area contributed by atoms with Crippen molar-refractivity contribution in [3.8, 4) is 0 Å². The predicted octanol–water partition coefficient (Wildman–Crippen LogP) is 2.12. The molecule has 1 unspecified atom stereocenters. The number of carbonyl (C=O) groups excluding carboxylic acids is 1. The zero-order valence-corrected chi connectivity index (χ0v) is 9.37. The summed E-state index contributed by atoms with van der Waals surface area (Å²) < 4.78 is 17.4. The molecule has 88 valence electrons. The van der Waals surface area contributed by atoms with Crippen molar-refractivity contribution >= 4 is 5.97 Å². The lowest BCUT2D eigenvalue weighted by Gasteiger charge is -2.13. The largest absolute Gasteiger partial charge is 0.469 e. The third kappa shape index (κ3) is 3.31. The molecule has 0 fully saturated rings. The average molecular weight is 226 g/mol. The second-order valence-electron chi connectivity index (χ2n) is 3.63. The van der Waals surface area contributed by atoms with Crippen LogP contribution in [-0.4, -0.2) is 18.2 Å². The third-order valence-corrected chi connectivity index (χ3v) is 2.45. The lowest BCUT2D eigenvalue weighted by molar-refractivity contribution is -0.141. The summed E-state index contributed by atoms with van der Waals surface area (Å²) in [6, 6.07) is 4.23. The summed E-state index contributed by atoms with van der Waals surface area (Å²) in [5, 5.41) is 9.80. The van der Waals surface area contributed by atoms with Crippen molar-refractivity contribution in [3.63, 3.8) is 0 Å². The number of ether oxygens (including phenoxy) is 1. The van der Waals surface area contributed by atoms with Crippen molar-refractivity contribution in [1.29, 1.82) is 0 Å². The van der Waals surface area contributed by atoms with Gasteiger partial charge in [0.05, 0.1) is 13.2 Å². The highest BCUT2D eigenvalue weighted by Gasteiger charge is 2.13. The Balaban J connectivity index is 2.68. The number of esters is 1. The first kappa shape index (κ1) is 12.6. The summed E-state index contributed by atoms with van der Waals surface area (Å²) in [5.41, 5.74) is 1.32. The molecule has 1 rings (SSSR count). The molecule has 0 radical (unpaired) electrons. The molecule has 1 atom stereocenters. The van der Waals surface area contributed by atoms with Gasteiger partial charge in [-0.2, -0.15) is 0 Å². The minimum absolute atomic E-state index is 0.119. The first-order valence-electron chi connectivity index (χ1n) is 5.05. The van der Waals surface area contributed by atoms with Crippen LogP contribution < -0.4 is 0 Å². The number of rotatable bonds is 4. The van der Waals surface area contributed by atoms with Crippen LogP contribution >= 0.6 is 0 Å². The van der Waals surface area contributed by atoms with Crippen LogP contribution in [0, 0.1) is 12.7 Å². The van der Waals surface area contributed by atoms with Crippen LogP contribution in [0.3, 0.4) is 0 Å². The quantitative estimate of drug-likeness (QED) is 0.800. The second kappa shape index (κ2) is 5.61. The maximum absolute atomic E-state index is 13.0. The van der Waals surface area contributed by atoms with Gasteiger partial charge in [-0.3, -0.25) is 4.79 Å². The molecule has 0 aromatic heterocycles. The minimum Gasteiger partial charge on any atom is -0.469 e. The van der Waals surface area contributed by atoms with Gasteiger partial charge in [-0.15, -0.1) is 0 Å². The number of halogens is 1. The average Bonchev–Trinajstić information content (AvgIpc) is 2.28. The molecule has 3 nitrogen and oxygen atoms in total. The Bertz CT molecular complexity index is 377. The lowest BCUT2D eigenvalue weighted by Crippen LogP contribution is -2.06. The molecule has 0 saturated carbocycles. The molecule has 1 N–H and O–H groups in total. The molecule has 0 aliphatic carbocycles. The highest BCUT2D eigenvalue weighted by Crippen LogP contribution is 2.22. The highest BCUT2D eigenvalue weighted by atomic mass is 19.1. The SMILES string of the molecule is COC(=O)CCC(O)c1cc(F)ccc1C. The van der Waals surface area contributed by atoms with Gasteiger partial charge in [0, 0.05) is 6.42 Å². The van der Waals surface area contributed by atoms with Crippen molar-refractivity contribution in [2.24, 2.45) is 0 Å². The van der Waals surface area contributed by atoms with E-state index in [2.05, 4.69) is 4.74 Å². The molecule has 1 aromatic rings. The summed E-state index contributed by atoms with van der Waals surface area (Å²) in [5.74, 6) is -0.772. The van der Waals surface area contributed by atoms with Crippen molar-refractivity contribution in [2.75, 3.05) is 7.11 Å². The van der Waals surface area contributed by atoms with Gasteiger partial charge >= 0.3 is 5.97 Å². The molecule has 16 heavy (non-hydrogen) atoms. The number of hydrogen-bond acceptors (Lipinski definition) is 3. The molecular formula is C12H15FO3. The monoisotopic (exact) mass is 226 g/mol. The summed E-state index contributed by atoms with van der Waals surface area (Å²) in [4.78, 5) is 10.9. The van der Waals surface area contributed by atoms with Gasteiger partial charge in [0.2, 0.25) is 0 Å². The molecule has 0 saturated heterocycles. The molecule has 0 amide bonds. The zero-order chi connectivity index (χ0) is 12.1. The second-order valence-corrected chi connectivity index (χ2v) is 3.63. The van der Waals surface area contributed by atoms with Gasteiger partial charge in [0.1, 0.15) is 5.82 Å². The Kier molecular flexibility index (Phi) is 4.43. The molecule has 4 heteroatoms. The fourth-order valence-corrected chi connectivity index (χ4v) is 1.48. The number of aliphatic hydroxyl groups excluding tert-OH is 1. The normalized spacial score (nSPS) is 12.2. The molecule has 0 aliphatic heterocycles. The van der Waals surface area contributed by atoms with Crippen LogP contribution in [0.1, 0.15) is 30.1 Å². The number of aryl methyl sites for hydroxylation is 1. The van der Waals surface area contributed by atoms with Crippen molar-refractivity contribution < 1.29 is 19.0 Å². The van der Waals surface area contributed by atoms with Crippen molar-refractivity contribution in [3.05, 3.63) is 35.1 Å². The van der Waals surface area contributed by atoms with E-state index >= 15 is 0 Å². The molecular weight excluding hydrogens is 211 g/mol.